The molecule has 1 saturated heterocycles. The molecule has 2 N–H and O–H groups in total. The number of carbonyl (C=O) groups is 1. The van der Waals surface area contributed by atoms with E-state index in [2.05, 4.69) is 25.7 Å². The van der Waals surface area contributed by atoms with E-state index in [0.717, 1.165) is 44.2 Å². The molecule has 2 fully saturated rings. The molecule has 4 atom stereocenters. The first-order valence-electron chi connectivity index (χ1n) is 8.53. The first-order valence-corrected chi connectivity index (χ1v) is 8.53. The summed E-state index contributed by atoms with van der Waals surface area (Å²) < 4.78 is 0. The lowest BCUT2D eigenvalue weighted by atomic mass is 9.78. The van der Waals surface area contributed by atoms with Gasteiger partial charge in [0.05, 0.1) is 0 Å². The zero-order chi connectivity index (χ0) is 14.7. The highest BCUT2D eigenvalue weighted by atomic mass is 16.2. The number of amides is 1. The smallest absolute Gasteiger partial charge is 0.225 e. The quantitative estimate of drug-likeness (QED) is 0.845. The second-order valence-electron chi connectivity index (χ2n) is 7.41. The zero-order valence-electron chi connectivity index (χ0n) is 13.5. The van der Waals surface area contributed by atoms with Crippen LogP contribution in [0.4, 0.5) is 0 Å². The molecule has 0 aromatic rings. The van der Waals surface area contributed by atoms with Gasteiger partial charge in [-0.15, -0.1) is 0 Å². The topological polar surface area (TPSA) is 46.3 Å². The van der Waals surface area contributed by atoms with Crippen LogP contribution in [-0.2, 0) is 4.79 Å². The van der Waals surface area contributed by atoms with E-state index in [1.165, 1.54) is 19.3 Å². The minimum absolute atomic E-state index is 0.236. The second kappa shape index (κ2) is 6.93. The molecule has 1 heterocycles. The molecular weight excluding hydrogens is 248 g/mol. The molecule has 116 valence electrons. The fourth-order valence-electron chi connectivity index (χ4n) is 3.91. The molecule has 3 nitrogen and oxygen atoms in total. The van der Waals surface area contributed by atoms with Gasteiger partial charge < -0.3 is 10.6 Å². The lowest BCUT2D eigenvalue weighted by molar-refractivity contribution is -0.137. The van der Waals surface area contributed by atoms with Crippen LogP contribution >= 0.6 is 0 Å². The van der Waals surface area contributed by atoms with Crippen LogP contribution in [0, 0.1) is 23.7 Å². The third-order valence-corrected chi connectivity index (χ3v) is 5.61. The van der Waals surface area contributed by atoms with Crippen LogP contribution in [0.25, 0.3) is 0 Å². The van der Waals surface area contributed by atoms with Crippen molar-refractivity contribution in [3.05, 3.63) is 0 Å². The number of rotatable bonds is 2. The molecule has 2 rings (SSSR count). The van der Waals surface area contributed by atoms with Gasteiger partial charge in [0, 0.05) is 25.0 Å². The van der Waals surface area contributed by atoms with Gasteiger partial charge in [-0.25, -0.2) is 0 Å². The second-order valence-corrected chi connectivity index (χ2v) is 7.41. The van der Waals surface area contributed by atoms with Gasteiger partial charge in [0.2, 0.25) is 5.91 Å². The van der Waals surface area contributed by atoms with E-state index in [4.69, 9.17) is 5.73 Å². The summed E-state index contributed by atoms with van der Waals surface area (Å²) in [4.78, 5) is 14.9. The number of nitrogens with two attached hydrogens (primary N) is 1. The van der Waals surface area contributed by atoms with Crippen molar-refractivity contribution < 1.29 is 4.79 Å². The number of likely N-dealkylation sites (tertiary alicyclic amines) is 1. The van der Waals surface area contributed by atoms with Crippen LogP contribution in [-0.4, -0.2) is 29.9 Å². The van der Waals surface area contributed by atoms with E-state index < -0.39 is 0 Å². The molecule has 0 bridgehead atoms. The van der Waals surface area contributed by atoms with Crippen LogP contribution in [0.3, 0.4) is 0 Å². The Morgan fingerprint density at radius 1 is 1.15 bits per heavy atom. The summed E-state index contributed by atoms with van der Waals surface area (Å²) in [5.41, 5.74) is 6.07. The van der Waals surface area contributed by atoms with E-state index in [-0.39, 0.29) is 5.92 Å². The van der Waals surface area contributed by atoms with E-state index in [9.17, 15) is 4.79 Å². The fourth-order valence-corrected chi connectivity index (χ4v) is 3.91. The van der Waals surface area contributed by atoms with Crippen molar-refractivity contribution in [2.45, 2.75) is 65.3 Å². The average molecular weight is 280 g/mol. The van der Waals surface area contributed by atoms with Gasteiger partial charge in [0.15, 0.2) is 0 Å². The normalized spacial score (nSPS) is 36.0. The first kappa shape index (κ1) is 15.8. The van der Waals surface area contributed by atoms with Gasteiger partial charge in [-0.2, -0.15) is 0 Å². The lowest BCUT2D eigenvalue weighted by Gasteiger charge is -2.34. The lowest BCUT2D eigenvalue weighted by Crippen LogP contribution is -2.42. The molecule has 0 spiro atoms. The number of hydrogen-bond donors (Lipinski definition) is 1. The van der Waals surface area contributed by atoms with Crippen molar-refractivity contribution in [1.82, 2.24) is 4.90 Å². The average Bonchev–Trinajstić information content (AvgIpc) is 2.67. The largest absolute Gasteiger partial charge is 0.342 e. The number of carbonyl (C=O) groups excluding carboxylic acids is 1. The van der Waals surface area contributed by atoms with Crippen molar-refractivity contribution in [3.8, 4) is 0 Å². The Labute approximate surface area is 124 Å². The van der Waals surface area contributed by atoms with Gasteiger partial charge in [-0.3, -0.25) is 4.79 Å². The molecule has 0 aromatic heterocycles. The Morgan fingerprint density at radius 3 is 2.55 bits per heavy atom. The standard InChI is InChI=1S/C17H32N2O/c1-12(2)14-5-4-9-19(10-8-14)17(20)15-6-7-16(18)13(3)11-15/h12-16H,4-11,18H2,1-3H3. The van der Waals surface area contributed by atoms with E-state index in [1.807, 2.05) is 0 Å². The first-order chi connectivity index (χ1) is 9.49. The molecule has 3 heteroatoms. The number of nitrogens with zero attached hydrogens (tertiary/aromatic N) is 1. The van der Waals surface area contributed by atoms with Crippen LogP contribution < -0.4 is 5.73 Å². The Balaban J connectivity index is 1.89. The Hall–Kier alpha value is -0.570. The molecule has 1 aliphatic heterocycles. The van der Waals surface area contributed by atoms with Crippen molar-refractivity contribution >= 4 is 5.91 Å². The van der Waals surface area contributed by atoms with Crippen molar-refractivity contribution in [2.75, 3.05) is 13.1 Å². The maximum atomic E-state index is 12.7. The highest BCUT2D eigenvalue weighted by molar-refractivity contribution is 5.79. The summed E-state index contributed by atoms with van der Waals surface area (Å²) in [6.07, 6.45) is 6.65. The Morgan fingerprint density at radius 2 is 1.90 bits per heavy atom. The third kappa shape index (κ3) is 3.75. The van der Waals surface area contributed by atoms with Crippen LogP contribution in [0.15, 0.2) is 0 Å². The summed E-state index contributed by atoms with van der Waals surface area (Å²) in [7, 11) is 0. The van der Waals surface area contributed by atoms with Crippen LogP contribution in [0.5, 0.6) is 0 Å². The van der Waals surface area contributed by atoms with Crippen LogP contribution in [0.2, 0.25) is 0 Å². The summed E-state index contributed by atoms with van der Waals surface area (Å²) in [5, 5.41) is 0. The minimum atomic E-state index is 0.236. The van der Waals surface area contributed by atoms with Gasteiger partial charge >= 0.3 is 0 Å². The SMILES string of the molecule is CC(C)C1CCCN(C(=O)C2CCC(N)C(C)C2)CC1. The molecule has 20 heavy (non-hydrogen) atoms. The van der Waals surface area contributed by atoms with Gasteiger partial charge in [-0.1, -0.05) is 20.8 Å². The maximum absolute atomic E-state index is 12.7. The monoisotopic (exact) mass is 280 g/mol. The highest BCUT2D eigenvalue weighted by Gasteiger charge is 2.33. The van der Waals surface area contributed by atoms with Crippen molar-refractivity contribution in [3.63, 3.8) is 0 Å². The molecule has 4 unspecified atom stereocenters. The molecule has 1 aliphatic carbocycles. The van der Waals surface area contributed by atoms with E-state index >= 15 is 0 Å². The number of hydrogen-bond acceptors (Lipinski definition) is 2. The van der Waals surface area contributed by atoms with E-state index in [1.54, 1.807) is 0 Å². The van der Waals surface area contributed by atoms with E-state index in [0.29, 0.717) is 17.9 Å². The summed E-state index contributed by atoms with van der Waals surface area (Å²) in [5.74, 6) is 2.69. The molecule has 1 saturated carbocycles. The molecular formula is C17H32N2O. The molecule has 2 aliphatic rings. The summed E-state index contributed by atoms with van der Waals surface area (Å²) in [6, 6.07) is 0.300. The zero-order valence-corrected chi connectivity index (χ0v) is 13.5. The highest BCUT2D eigenvalue weighted by Crippen LogP contribution is 2.31. The van der Waals surface area contributed by atoms with Crippen LogP contribution in [0.1, 0.15) is 59.3 Å². The molecule has 0 radical (unpaired) electrons. The third-order valence-electron chi connectivity index (χ3n) is 5.61. The predicted octanol–water partition coefficient (Wildman–Crippen LogP) is 3.03. The van der Waals surface area contributed by atoms with Crippen molar-refractivity contribution in [1.29, 1.82) is 0 Å². The summed E-state index contributed by atoms with van der Waals surface area (Å²) >= 11 is 0. The van der Waals surface area contributed by atoms with Crippen molar-refractivity contribution in [2.24, 2.45) is 29.4 Å². The maximum Gasteiger partial charge on any atom is 0.225 e. The molecule has 0 aromatic carbocycles. The predicted molar refractivity (Wildman–Crippen MR) is 83.2 cm³/mol. The minimum Gasteiger partial charge on any atom is -0.342 e. The molecule has 1 amide bonds. The fraction of sp³-hybridized carbons (Fsp3) is 0.941. The van der Waals surface area contributed by atoms with Gasteiger partial charge in [0.25, 0.3) is 0 Å². The Bertz CT molecular complexity index is 329. The van der Waals surface area contributed by atoms with Gasteiger partial charge in [0.1, 0.15) is 0 Å². The van der Waals surface area contributed by atoms with Gasteiger partial charge in [-0.05, 0) is 56.3 Å². The summed E-state index contributed by atoms with van der Waals surface area (Å²) in [6.45, 7) is 8.76. The Kier molecular flexibility index (Phi) is 5.48.